The van der Waals surface area contributed by atoms with Gasteiger partial charge in [0.1, 0.15) is 0 Å². The molecule has 0 spiro atoms. The van der Waals surface area contributed by atoms with Crippen molar-refractivity contribution in [1.82, 2.24) is 13.4 Å². The molecule has 2 N–H and O–H groups in total. The fourth-order valence-electron chi connectivity index (χ4n) is 5.72. The summed E-state index contributed by atoms with van der Waals surface area (Å²) in [7, 11) is 2.15. The molecule has 5 nitrogen and oxygen atoms in total. The van der Waals surface area contributed by atoms with Crippen molar-refractivity contribution in [1.29, 1.82) is 5.41 Å². The molecule has 5 rings (SSSR count). The fraction of sp³-hybridized carbons (Fsp3) is 0.379. The van der Waals surface area contributed by atoms with Crippen molar-refractivity contribution in [3.05, 3.63) is 71.6 Å². The Balaban J connectivity index is 1.51. The van der Waals surface area contributed by atoms with Crippen LogP contribution in [0.5, 0.6) is 0 Å². The van der Waals surface area contributed by atoms with Crippen LogP contribution in [0.25, 0.3) is 16.8 Å². The third-order valence-electron chi connectivity index (χ3n) is 7.46. The Morgan fingerprint density at radius 2 is 2.11 bits per heavy atom. The van der Waals surface area contributed by atoms with Gasteiger partial charge in [-0.1, -0.05) is 0 Å². The van der Waals surface area contributed by atoms with Crippen LogP contribution in [0.1, 0.15) is 43.0 Å². The molecule has 36 heavy (non-hydrogen) atoms. The van der Waals surface area contributed by atoms with E-state index in [1.807, 2.05) is 13.0 Å². The van der Waals surface area contributed by atoms with Gasteiger partial charge in [0.05, 0.1) is 0 Å². The van der Waals surface area contributed by atoms with Gasteiger partial charge in [-0.05, 0) is 0 Å². The molecule has 0 bridgehead atoms. The van der Waals surface area contributed by atoms with Crippen LogP contribution in [0, 0.1) is 23.2 Å². The Morgan fingerprint density at radius 1 is 1.25 bits per heavy atom. The molecule has 3 aliphatic rings. The van der Waals surface area contributed by atoms with E-state index in [4.69, 9.17) is 8.19 Å². The van der Waals surface area contributed by atoms with Gasteiger partial charge in [-0.2, -0.15) is 0 Å². The zero-order chi connectivity index (χ0) is 25.1. The minimum atomic E-state index is -0.273. The molecule has 0 amide bonds. The molecule has 1 aliphatic carbocycles. The van der Waals surface area contributed by atoms with Gasteiger partial charge in [-0.3, -0.25) is 0 Å². The van der Waals surface area contributed by atoms with Crippen LogP contribution >= 0.6 is 21.0 Å². The van der Waals surface area contributed by atoms with E-state index in [9.17, 15) is 5.41 Å². The Labute approximate surface area is 235 Å². The van der Waals surface area contributed by atoms with E-state index in [1.54, 1.807) is 0 Å². The predicted octanol–water partition coefficient (Wildman–Crippen LogP) is 2.73. The van der Waals surface area contributed by atoms with Crippen molar-refractivity contribution >= 4 is 42.0 Å². The standard InChI is InChI=1S/C29H34I2N5/c1-4-6-28(35-30-2)24-11-12-27(21-8-5-7-19(13-21)23-15-31-36(3)18-23)34-29(24)26(32)14-20-9-10-22-16-33-17-25(20)22/h4-8,11-13,15,18,20,22,25,32-33H,9-10,14,16-17H2,1-3H3/q-1/b6-4-,32-26?,35-28?. The number of allylic oxidation sites excluding steroid dienone is 3. The summed E-state index contributed by atoms with van der Waals surface area (Å²) in [5, 5.41) is 12.8. The van der Waals surface area contributed by atoms with Gasteiger partial charge < -0.3 is 0 Å². The number of nitrogens with one attached hydrogen (secondary N) is 2. The van der Waals surface area contributed by atoms with E-state index in [0.717, 1.165) is 53.7 Å². The average Bonchev–Trinajstić information content (AvgIpc) is 3.63. The first-order chi connectivity index (χ1) is 17.6. The van der Waals surface area contributed by atoms with Gasteiger partial charge in [-0.15, -0.1) is 0 Å². The van der Waals surface area contributed by atoms with E-state index < -0.39 is 0 Å². The summed E-state index contributed by atoms with van der Waals surface area (Å²) < 4.78 is 9.54. The molecule has 2 fully saturated rings. The van der Waals surface area contributed by atoms with Gasteiger partial charge in [0.2, 0.25) is 0 Å². The summed E-state index contributed by atoms with van der Waals surface area (Å²) in [6.45, 7) is 4.28. The number of aromatic nitrogens is 1. The summed E-state index contributed by atoms with van der Waals surface area (Å²) in [4.78, 5) is 7.33. The number of pyridine rings is 1. The Kier molecular flexibility index (Phi) is 8.47. The second-order valence-corrected chi connectivity index (χ2v) is 13.9. The number of fused-ring (bicyclic) bond motifs is 1. The summed E-state index contributed by atoms with van der Waals surface area (Å²) in [6, 6.07) is 12.9. The Morgan fingerprint density at radius 3 is 2.89 bits per heavy atom. The molecule has 1 saturated heterocycles. The molecule has 3 atom stereocenters. The van der Waals surface area contributed by atoms with Crippen molar-refractivity contribution in [2.24, 2.45) is 21.0 Å². The average molecular weight is 706 g/mol. The summed E-state index contributed by atoms with van der Waals surface area (Å²) in [5.74, 6) is 2.07. The molecule has 2 aromatic rings. The topological polar surface area (TPSA) is 64.4 Å². The first kappa shape index (κ1) is 25.9. The molecule has 3 unspecified atom stereocenters. The number of alkyl halides is 1. The van der Waals surface area contributed by atoms with Crippen LogP contribution in [0.4, 0.5) is 0 Å². The van der Waals surface area contributed by atoms with Crippen LogP contribution in [0.2, 0.25) is 0 Å². The number of benzene rings is 1. The second-order valence-electron chi connectivity index (χ2n) is 9.73. The summed E-state index contributed by atoms with van der Waals surface area (Å²) in [5.41, 5.74) is 7.98. The Bertz CT molecular complexity index is 1260. The number of nitrogens with zero attached hydrogens (tertiary/aromatic N) is 3. The Hall–Kier alpha value is -1.72. The zero-order valence-corrected chi connectivity index (χ0v) is 25.5. The van der Waals surface area contributed by atoms with Gasteiger partial charge >= 0.3 is 230 Å². The molecule has 0 radical (unpaired) electrons. The molecule has 2 aliphatic heterocycles. The number of hydrogen-bond acceptors (Lipinski definition) is 5. The number of hydrogen-bond donors (Lipinski definition) is 2. The molecule has 1 aromatic heterocycles. The van der Waals surface area contributed by atoms with Crippen molar-refractivity contribution in [2.75, 3.05) is 25.1 Å². The van der Waals surface area contributed by atoms with Crippen LogP contribution in [0.3, 0.4) is 0 Å². The zero-order valence-electron chi connectivity index (χ0n) is 21.1. The second kappa shape index (κ2) is 11.8. The molecule has 1 saturated carbocycles. The van der Waals surface area contributed by atoms with Gasteiger partial charge in [-0.25, -0.2) is 0 Å². The SMILES string of the molecule is C/C=C\C(=N[I-]C)c1ccc(-c2cccc(C3=CN(C)I=C3)c2)nc1C(=N)CC1CCC2CNCC21. The van der Waals surface area contributed by atoms with Gasteiger partial charge in [0.25, 0.3) is 0 Å². The molecule has 1 aromatic carbocycles. The normalized spacial score (nSPS) is 23.9. The first-order valence-corrected chi connectivity index (χ1v) is 17.9. The summed E-state index contributed by atoms with van der Waals surface area (Å²) in [6.07, 6.45) is 9.68. The van der Waals surface area contributed by atoms with Gasteiger partial charge in [0.15, 0.2) is 0 Å². The summed E-state index contributed by atoms with van der Waals surface area (Å²) >= 11 is -0.320. The van der Waals surface area contributed by atoms with Crippen LogP contribution in [-0.2, 0) is 0 Å². The third kappa shape index (κ3) is 5.57. The van der Waals surface area contributed by atoms with Crippen LogP contribution in [0.15, 0.2) is 58.0 Å². The molecular weight excluding hydrogens is 672 g/mol. The van der Waals surface area contributed by atoms with E-state index in [-0.39, 0.29) is 42.5 Å². The molecular formula is C29H34I2N5-. The number of halogens is 2. The van der Waals surface area contributed by atoms with Gasteiger partial charge in [0, 0.05) is 7.05 Å². The van der Waals surface area contributed by atoms with Crippen molar-refractivity contribution in [3.63, 3.8) is 0 Å². The quantitative estimate of drug-likeness (QED) is 0.192. The molecule has 190 valence electrons. The molecule has 7 heteroatoms. The third-order valence-corrected chi connectivity index (χ3v) is 10.6. The van der Waals surface area contributed by atoms with Crippen molar-refractivity contribution in [3.8, 4) is 11.3 Å². The van der Waals surface area contributed by atoms with E-state index in [0.29, 0.717) is 17.5 Å². The number of rotatable bonds is 8. The monoisotopic (exact) mass is 706 g/mol. The van der Waals surface area contributed by atoms with E-state index in [2.05, 4.69) is 73.1 Å². The molecule has 3 heterocycles. The minimum absolute atomic E-state index is 0.0469. The van der Waals surface area contributed by atoms with Crippen LogP contribution < -0.4 is 26.8 Å². The first-order valence-electron chi connectivity index (χ1n) is 12.6. The maximum atomic E-state index is 9.24. The van der Waals surface area contributed by atoms with Crippen molar-refractivity contribution in [2.45, 2.75) is 26.2 Å². The van der Waals surface area contributed by atoms with E-state index >= 15 is 0 Å². The predicted molar refractivity (Wildman–Crippen MR) is 157 cm³/mol. The van der Waals surface area contributed by atoms with E-state index in [1.165, 1.54) is 24.0 Å². The van der Waals surface area contributed by atoms with Crippen molar-refractivity contribution < 1.29 is 21.5 Å². The fourth-order valence-corrected chi connectivity index (χ4v) is 8.38. The van der Waals surface area contributed by atoms with Crippen LogP contribution in [-0.4, -0.2) is 48.6 Å². The maximum absolute atomic E-state index is 9.24.